The van der Waals surface area contributed by atoms with Gasteiger partial charge in [0.1, 0.15) is 11.4 Å². The number of carbonyl (C=O) groups excluding carboxylic acids is 1. The maximum Gasteiger partial charge on any atom is 0.410 e. The molecule has 0 radical (unpaired) electrons. The molecule has 2 rings (SSSR count). The molecular weight excluding hydrogens is 351 g/mol. The molecule has 1 amide bonds. The Kier molecular flexibility index (Phi) is 5.32. The van der Waals surface area contributed by atoms with E-state index >= 15 is 0 Å². The molecule has 0 saturated carbocycles. The monoisotopic (exact) mass is 372 g/mol. The average Bonchev–Trinajstić information content (AvgIpc) is 2.84. The molecule has 0 aromatic heterocycles. The molecule has 122 valence electrons. The highest BCUT2D eigenvalue weighted by molar-refractivity contribution is 9.10. The van der Waals surface area contributed by atoms with Crippen molar-refractivity contribution < 1.29 is 13.9 Å². The highest BCUT2D eigenvalue weighted by Gasteiger charge is 2.32. The molecule has 1 atom stereocenters. The Morgan fingerprint density at radius 1 is 1.50 bits per heavy atom. The summed E-state index contributed by atoms with van der Waals surface area (Å²) in [5.41, 5.74) is -0.0785. The summed E-state index contributed by atoms with van der Waals surface area (Å²) in [6.45, 7) is 6.73. The zero-order chi connectivity index (χ0) is 16.3. The minimum Gasteiger partial charge on any atom is -0.444 e. The molecule has 1 saturated heterocycles. The van der Waals surface area contributed by atoms with E-state index in [1.165, 1.54) is 6.07 Å². The van der Waals surface area contributed by atoms with E-state index < -0.39 is 5.60 Å². The van der Waals surface area contributed by atoms with Gasteiger partial charge >= 0.3 is 6.09 Å². The molecule has 1 unspecified atom stereocenters. The van der Waals surface area contributed by atoms with Crippen molar-refractivity contribution in [3.8, 4) is 0 Å². The Morgan fingerprint density at radius 3 is 2.86 bits per heavy atom. The van der Waals surface area contributed by atoms with Crippen LogP contribution in [-0.4, -0.2) is 35.7 Å². The molecule has 0 spiro atoms. The summed E-state index contributed by atoms with van der Waals surface area (Å²) < 4.78 is 19.9. The number of ether oxygens (including phenoxy) is 1. The lowest BCUT2D eigenvalue weighted by molar-refractivity contribution is 0.0235. The number of carbonyl (C=O) groups is 1. The maximum absolute atomic E-state index is 13.8. The third kappa shape index (κ3) is 4.35. The van der Waals surface area contributed by atoms with Gasteiger partial charge in [-0.15, -0.1) is 0 Å². The topological polar surface area (TPSA) is 41.6 Å². The van der Waals surface area contributed by atoms with Crippen molar-refractivity contribution in [2.75, 3.05) is 18.4 Å². The van der Waals surface area contributed by atoms with E-state index in [1.807, 2.05) is 20.8 Å². The van der Waals surface area contributed by atoms with E-state index in [0.717, 1.165) is 12.8 Å². The second-order valence-electron chi connectivity index (χ2n) is 6.45. The molecule has 4 nitrogen and oxygen atoms in total. The highest BCUT2D eigenvalue weighted by atomic mass is 79.9. The zero-order valence-electron chi connectivity index (χ0n) is 13.2. The Hall–Kier alpha value is -1.30. The highest BCUT2D eigenvalue weighted by Crippen LogP contribution is 2.27. The third-order valence-electron chi connectivity index (χ3n) is 3.48. The minimum absolute atomic E-state index is 0.0151. The normalized spacial score (nSPS) is 18.4. The number of likely N-dealkylation sites (tertiary alicyclic amines) is 1. The van der Waals surface area contributed by atoms with E-state index in [0.29, 0.717) is 23.2 Å². The van der Waals surface area contributed by atoms with E-state index in [4.69, 9.17) is 4.74 Å². The minimum atomic E-state index is -0.508. The predicted octanol–water partition coefficient (Wildman–Crippen LogP) is 4.40. The second kappa shape index (κ2) is 6.86. The van der Waals surface area contributed by atoms with Gasteiger partial charge in [-0.05, 0) is 61.7 Å². The smallest absolute Gasteiger partial charge is 0.410 e. The van der Waals surface area contributed by atoms with E-state index in [1.54, 1.807) is 17.0 Å². The first-order valence-corrected chi connectivity index (χ1v) is 8.25. The molecule has 1 N–H and O–H groups in total. The van der Waals surface area contributed by atoms with Gasteiger partial charge in [0, 0.05) is 17.6 Å². The first-order chi connectivity index (χ1) is 10.3. The average molecular weight is 373 g/mol. The van der Waals surface area contributed by atoms with Crippen molar-refractivity contribution in [2.24, 2.45) is 0 Å². The van der Waals surface area contributed by atoms with Crippen molar-refractivity contribution in [3.05, 3.63) is 28.5 Å². The quantitative estimate of drug-likeness (QED) is 0.854. The van der Waals surface area contributed by atoms with Gasteiger partial charge in [-0.1, -0.05) is 6.07 Å². The van der Waals surface area contributed by atoms with Crippen molar-refractivity contribution in [1.29, 1.82) is 0 Å². The largest absolute Gasteiger partial charge is 0.444 e. The summed E-state index contributed by atoms with van der Waals surface area (Å²) in [4.78, 5) is 13.9. The lowest BCUT2D eigenvalue weighted by atomic mass is 10.2. The molecule has 1 fully saturated rings. The van der Waals surface area contributed by atoms with Crippen LogP contribution in [-0.2, 0) is 4.74 Å². The lowest BCUT2D eigenvalue weighted by Crippen LogP contribution is -2.42. The third-order valence-corrected chi connectivity index (χ3v) is 4.14. The van der Waals surface area contributed by atoms with Gasteiger partial charge in [0.15, 0.2) is 0 Å². The summed E-state index contributed by atoms with van der Waals surface area (Å²) in [7, 11) is 0. The number of nitrogens with zero attached hydrogens (tertiary/aromatic N) is 1. The van der Waals surface area contributed by atoms with Crippen LogP contribution in [0, 0.1) is 5.82 Å². The molecule has 6 heteroatoms. The molecule has 1 aliphatic rings. The van der Waals surface area contributed by atoms with Gasteiger partial charge in [-0.2, -0.15) is 0 Å². The first kappa shape index (κ1) is 17.1. The van der Waals surface area contributed by atoms with Crippen molar-refractivity contribution in [3.63, 3.8) is 0 Å². The van der Waals surface area contributed by atoms with Crippen LogP contribution >= 0.6 is 15.9 Å². The summed E-state index contributed by atoms with van der Waals surface area (Å²) in [6.07, 6.45) is 1.52. The summed E-state index contributed by atoms with van der Waals surface area (Å²) >= 11 is 3.33. The number of rotatable bonds is 3. The second-order valence-corrected chi connectivity index (χ2v) is 7.30. The van der Waals surface area contributed by atoms with E-state index in [2.05, 4.69) is 21.2 Å². The van der Waals surface area contributed by atoms with Crippen LogP contribution in [0.2, 0.25) is 0 Å². The van der Waals surface area contributed by atoms with Crippen molar-refractivity contribution in [1.82, 2.24) is 4.90 Å². The van der Waals surface area contributed by atoms with Gasteiger partial charge in [-0.3, -0.25) is 0 Å². The molecular formula is C16H22BrFN2O2. The number of halogens is 2. The fraction of sp³-hybridized carbons (Fsp3) is 0.562. The Labute approximate surface area is 139 Å². The van der Waals surface area contributed by atoms with Gasteiger partial charge < -0.3 is 15.0 Å². The van der Waals surface area contributed by atoms with Gasteiger partial charge in [0.25, 0.3) is 0 Å². The Bertz CT molecular complexity index is 525. The number of nitrogens with one attached hydrogen (secondary N) is 1. The van der Waals surface area contributed by atoms with Gasteiger partial charge in [0.05, 0.1) is 11.7 Å². The SMILES string of the molecule is CC(C)(C)OC(=O)N1CCCC1CNc1c(F)cccc1Br. The number of amides is 1. The molecule has 1 aromatic rings. The molecule has 0 aliphatic carbocycles. The number of hydrogen-bond donors (Lipinski definition) is 1. The van der Waals surface area contributed by atoms with Gasteiger partial charge in [-0.25, -0.2) is 9.18 Å². The number of anilines is 1. The summed E-state index contributed by atoms with van der Waals surface area (Å²) in [5.74, 6) is -0.309. The summed E-state index contributed by atoms with van der Waals surface area (Å²) in [5, 5.41) is 3.10. The van der Waals surface area contributed by atoms with Crippen LogP contribution < -0.4 is 5.32 Å². The Morgan fingerprint density at radius 2 is 2.23 bits per heavy atom. The van der Waals surface area contributed by atoms with Crippen LogP contribution in [0.3, 0.4) is 0 Å². The van der Waals surface area contributed by atoms with Crippen LogP contribution in [0.5, 0.6) is 0 Å². The van der Waals surface area contributed by atoms with Crippen LogP contribution in [0.4, 0.5) is 14.9 Å². The van der Waals surface area contributed by atoms with E-state index in [9.17, 15) is 9.18 Å². The fourth-order valence-corrected chi connectivity index (χ4v) is 2.98. The molecule has 0 bridgehead atoms. The van der Waals surface area contributed by atoms with Crippen LogP contribution in [0.25, 0.3) is 0 Å². The molecule has 1 heterocycles. The van der Waals surface area contributed by atoms with Crippen LogP contribution in [0.15, 0.2) is 22.7 Å². The molecule has 1 aromatic carbocycles. The van der Waals surface area contributed by atoms with E-state index in [-0.39, 0.29) is 18.0 Å². The maximum atomic E-state index is 13.8. The molecule has 1 aliphatic heterocycles. The predicted molar refractivity (Wildman–Crippen MR) is 88.6 cm³/mol. The number of para-hydroxylation sites is 1. The van der Waals surface area contributed by atoms with Crippen LogP contribution in [0.1, 0.15) is 33.6 Å². The molecule has 22 heavy (non-hydrogen) atoms. The number of hydrogen-bond acceptors (Lipinski definition) is 3. The Balaban J connectivity index is 1.98. The lowest BCUT2D eigenvalue weighted by Gasteiger charge is -2.29. The number of benzene rings is 1. The first-order valence-electron chi connectivity index (χ1n) is 7.45. The van der Waals surface area contributed by atoms with Crippen molar-refractivity contribution in [2.45, 2.75) is 45.3 Å². The summed E-state index contributed by atoms with van der Waals surface area (Å²) in [6, 6.07) is 4.85. The zero-order valence-corrected chi connectivity index (χ0v) is 14.7. The standard InChI is InChI=1S/C16H22BrFN2O2/c1-16(2,3)22-15(21)20-9-5-6-11(20)10-19-14-12(17)7-4-8-13(14)18/h4,7-8,11,19H,5-6,9-10H2,1-3H3. The van der Waals surface area contributed by atoms with Crippen molar-refractivity contribution >= 4 is 27.7 Å². The van der Waals surface area contributed by atoms with Gasteiger partial charge in [0.2, 0.25) is 0 Å². The fourth-order valence-electron chi connectivity index (χ4n) is 2.50.